The minimum Gasteiger partial charge on any atom is -0.507 e. The maximum absolute atomic E-state index is 12.9. The van der Waals surface area contributed by atoms with Crippen LogP contribution in [0, 0.1) is 0 Å². The van der Waals surface area contributed by atoms with Gasteiger partial charge in [-0.1, -0.05) is 102 Å². The summed E-state index contributed by atoms with van der Waals surface area (Å²) in [4.78, 5) is 25.4. The molecule has 0 aliphatic heterocycles. The quantitative estimate of drug-likeness (QED) is 0.108. The van der Waals surface area contributed by atoms with E-state index in [0.29, 0.717) is 29.0 Å². The first-order valence-electron chi connectivity index (χ1n) is 13.8. The van der Waals surface area contributed by atoms with Crippen LogP contribution in [-0.2, 0) is 22.0 Å². The molecule has 0 heterocycles. The third-order valence-electron chi connectivity index (χ3n) is 6.91. The van der Waals surface area contributed by atoms with E-state index in [4.69, 9.17) is 4.74 Å². The lowest BCUT2D eigenvalue weighted by Gasteiger charge is -2.28. The Balaban J connectivity index is 1.38. The fraction of sp³-hybridized carbons (Fsp3) is 0.286. The van der Waals surface area contributed by atoms with E-state index in [9.17, 15) is 14.7 Å². The summed E-state index contributed by atoms with van der Waals surface area (Å²) in [6, 6.07) is 24.2. The van der Waals surface area contributed by atoms with Gasteiger partial charge in [0.1, 0.15) is 11.5 Å². The van der Waals surface area contributed by atoms with E-state index in [0.717, 1.165) is 27.5 Å². The van der Waals surface area contributed by atoms with Crippen molar-refractivity contribution >= 4 is 28.9 Å². The summed E-state index contributed by atoms with van der Waals surface area (Å²) in [6.07, 6.45) is 2.29. The first kappa shape index (κ1) is 29.5. The van der Waals surface area contributed by atoms with E-state index in [1.165, 1.54) is 6.21 Å². The first-order valence-corrected chi connectivity index (χ1v) is 13.8. The van der Waals surface area contributed by atoms with E-state index < -0.39 is 5.97 Å². The van der Waals surface area contributed by atoms with Crippen molar-refractivity contribution in [2.24, 2.45) is 5.10 Å². The Morgan fingerprint density at radius 3 is 2.17 bits per heavy atom. The van der Waals surface area contributed by atoms with Crippen LogP contribution in [-0.4, -0.2) is 23.2 Å². The van der Waals surface area contributed by atoms with Crippen LogP contribution in [0.4, 0.5) is 0 Å². The van der Waals surface area contributed by atoms with Crippen molar-refractivity contribution in [1.82, 2.24) is 5.43 Å². The third-order valence-corrected chi connectivity index (χ3v) is 6.91. The Morgan fingerprint density at radius 2 is 1.49 bits per heavy atom. The number of nitrogens with zero attached hydrogens (tertiary/aromatic N) is 1. The Morgan fingerprint density at radius 1 is 0.854 bits per heavy atom. The summed E-state index contributed by atoms with van der Waals surface area (Å²) in [5.41, 5.74) is 6.04. The molecule has 212 valence electrons. The van der Waals surface area contributed by atoms with Crippen molar-refractivity contribution in [2.75, 3.05) is 0 Å². The van der Waals surface area contributed by atoms with E-state index >= 15 is 0 Å². The molecule has 0 atom stereocenters. The molecule has 1 amide bonds. The molecule has 0 fully saturated rings. The van der Waals surface area contributed by atoms with Crippen LogP contribution in [0.3, 0.4) is 0 Å². The van der Waals surface area contributed by atoms with Gasteiger partial charge in [-0.05, 0) is 68.5 Å². The number of carbonyl (C=O) groups excluding carboxylic acids is 2. The summed E-state index contributed by atoms with van der Waals surface area (Å²) in [6.45, 7) is 12.4. The van der Waals surface area contributed by atoms with Gasteiger partial charge in [-0.15, -0.1) is 0 Å². The number of aryl methyl sites for hydroxylation is 1. The zero-order valence-electron chi connectivity index (χ0n) is 24.6. The van der Waals surface area contributed by atoms with Crippen LogP contribution in [0.15, 0.2) is 84.0 Å². The van der Waals surface area contributed by atoms with Gasteiger partial charge < -0.3 is 9.84 Å². The predicted octanol–water partition coefficient (Wildman–Crippen LogP) is 7.44. The monoisotopic (exact) mass is 550 g/mol. The number of phenolic OH excluding ortho intramolecular Hbond substituents is 1. The molecular weight excluding hydrogens is 512 g/mol. The van der Waals surface area contributed by atoms with E-state index in [2.05, 4.69) is 52.1 Å². The summed E-state index contributed by atoms with van der Waals surface area (Å²) >= 11 is 0. The molecule has 0 radical (unpaired) electrons. The molecule has 0 bridgehead atoms. The first-order chi connectivity index (χ1) is 19.3. The van der Waals surface area contributed by atoms with Crippen LogP contribution < -0.4 is 10.2 Å². The number of esters is 1. The molecular formula is C35H38N2O4. The molecule has 4 aromatic carbocycles. The summed E-state index contributed by atoms with van der Waals surface area (Å²) in [5, 5.41) is 16.8. The lowest BCUT2D eigenvalue weighted by Crippen LogP contribution is -2.20. The number of hydrogen-bond donors (Lipinski definition) is 2. The molecule has 0 aliphatic rings. The maximum Gasteiger partial charge on any atom is 0.344 e. The van der Waals surface area contributed by atoms with Crippen molar-refractivity contribution < 1.29 is 19.4 Å². The molecule has 0 aromatic heterocycles. The summed E-state index contributed by atoms with van der Waals surface area (Å²) < 4.78 is 5.63. The van der Waals surface area contributed by atoms with Gasteiger partial charge in [0.15, 0.2) is 0 Å². The van der Waals surface area contributed by atoms with Gasteiger partial charge >= 0.3 is 5.97 Å². The highest BCUT2D eigenvalue weighted by molar-refractivity contribution is 6.05. The Labute approximate surface area is 242 Å². The van der Waals surface area contributed by atoms with Crippen LogP contribution in [0.2, 0.25) is 0 Å². The number of hydrazone groups is 1. The van der Waals surface area contributed by atoms with E-state index in [1.807, 2.05) is 54.6 Å². The zero-order valence-corrected chi connectivity index (χ0v) is 24.6. The van der Waals surface area contributed by atoms with Crippen molar-refractivity contribution in [3.63, 3.8) is 0 Å². The lowest BCUT2D eigenvalue weighted by atomic mass is 9.78. The molecule has 0 spiro atoms. The Kier molecular flexibility index (Phi) is 8.62. The number of rotatable bonds is 7. The van der Waals surface area contributed by atoms with Crippen LogP contribution in [0.5, 0.6) is 11.5 Å². The van der Waals surface area contributed by atoms with Gasteiger partial charge in [-0.3, -0.25) is 4.79 Å². The van der Waals surface area contributed by atoms with Crippen molar-refractivity contribution in [3.8, 4) is 11.5 Å². The average molecular weight is 551 g/mol. The number of phenols is 1. The molecule has 6 heteroatoms. The highest BCUT2D eigenvalue weighted by Crippen LogP contribution is 2.40. The molecule has 0 saturated carbocycles. The van der Waals surface area contributed by atoms with Gasteiger partial charge in [-0.25, -0.2) is 10.2 Å². The fourth-order valence-corrected chi connectivity index (χ4v) is 4.70. The van der Waals surface area contributed by atoms with Gasteiger partial charge in [-0.2, -0.15) is 5.10 Å². The smallest absolute Gasteiger partial charge is 0.344 e. The minimum atomic E-state index is -0.442. The molecule has 4 rings (SSSR count). The Hall–Kier alpha value is -4.45. The second-order valence-corrected chi connectivity index (χ2v) is 12.3. The average Bonchev–Trinajstić information content (AvgIpc) is 2.91. The molecule has 4 aromatic rings. The minimum absolute atomic E-state index is 0.220. The van der Waals surface area contributed by atoms with Crippen molar-refractivity contribution in [3.05, 3.63) is 107 Å². The second-order valence-electron chi connectivity index (χ2n) is 12.3. The lowest BCUT2D eigenvalue weighted by molar-refractivity contribution is -0.121. The number of nitrogens with one attached hydrogen (secondary N) is 1. The van der Waals surface area contributed by atoms with Crippen LogP contribution in [0.25, 0.3) is 10.8 Å². The molecule has 0 aliphatic carbocycles. The molecule has 0 unspecified atom stereocenters. The number of amides is 1. The van der Waals surface area contributed by atoms with Crippen LogP contribution in [0.1, 0.15) is 80.6 Å². The highest BCUT2D eigenvalue weighted by atomic mass is 16.5. The van der Waals surface area contributed by atoms with Crippen LogP contribution >= 0.6 is 0 Å². The molecule has 41 heavy (non-hydrogen) atoms. The van der Waals surface area contributed by atoms with Gasteiger partial charge in [0.2, 0.25) is 5.91 Å². The number of hydrogen-bond acceptors (Lipinski definition) is 5. The largest absolute Gasteiger partial charge is 0.507 e. The summed E-state index contributed by atoms with van der Waals surface area (Å²) in [5.74, 6) is 0.0489. The highest BCUT2D eigenvalue weighted by Gasteiger charge is 2.26. The number of ether oxygens (including phenoxy) is 1. The van der Waals surface area contributed by atoms with Gasteiger partial charge in [0.25, 0.3) is 0 Å². The van der Waals surface area contributed by atoms with Crippen molar-refractivity contribution in [2.45, 2.75) is 65.2 Å². The predicted molar refractivity (Wildman–Crippen MR) is 165 cm³/mol. The normalized spacial score (nSPS) is 12.0. The molecule has 6 nitrogen and oxygen atoms in total. The standard InChI is InChI=1S/C35H38N2O4/c1-34(2,3)29-20-23(21-30(32(29)39)35(4,5)6)17-18-31(38)37-36-22-24-11-9-14-26(19-24)41-33(40)28-16-10-13-25-12-7-8-15-27(25)28/h7-16,19-22,39H,17-18H2,1-6H3,(H,37,38)/b36-22-. The van der Waals surface area contributed by atoms with E-state index in [-0.39, 0.29) is 23.2 Å². The number of aromatic hydroxyl groups is 1. The number of benzene rings is 4. The zero-order chi connectivity index (χ0) is 29.8. The number of fused-ring (bicyclic) bond motifs is 1. The van der Waals surface area contributed by atoms with Gasteiger partial charge in [0.05, 0.1) is 11.8 Å². The second kappa shape index (κ2) is 12.0. The number of carbonyl (C=O) groups is 2. The molecule has 2 N–H and O–H groups in total. The maximum atomic E-state index is 12.9. The molecule has 0 saturated heterocycles. The third kappa shape index (κ3) is 7.40. The van der Waals surface area contributed by atoms with E-state index in [1.54, 1.807) is 24.3 Å². The van der Waals surface area contributed by atoms with Crippen molar-refractivity contribution in [1.29, 1.82) is 0 Å². The Bertz CT molecular complexity index is 1570. The van der Waals surface area contributed by atoms with Gasteiger partial charge in [0, 0.05) is 6.42 Å². The topological polar surface area (TPSA) is 88.0 Å². The fourth-order valence-electron chi connectivity index (χ4n) is 4.70. The SMILES string of the molecule is CC(C)(C)c1cc(CCC(=O)N/N=C\c2cccc(OC(=O)c3cccc4ccccc34)c2)cc(C(C)(C)C)c1O. The summed E-state index contributed by atoms with van der Waals surface area (Å²) in [7, 11) is 0.